The molecular weight excluding hydrogens is 260 g/mol. The highest BCUT2D eigenvalue weighted by atomic mass is 32.2. The van der Waals surface area contributed by atoms with Crippen LogP contribution in [0.25, 0.3) is 10.9 Å². The van der Waals surface area contributed by atoms with Gasteiger partial charge in [-0.15, -0.1) is 0 Å². The molecule has 5 heteroatoms. The second kappa shape index (κ2) is 4.44. The summed E-state index contributed by atoms with van der Waals surface area (Å²) >= 11 is 0. The smallest absolute Gasteiger partial charge is 0.261 e. The van der Waals surface area contributed by atoms with E-state index in [0.29, 0.717) is 5.69 Å². The maximum Gasteiger partial charge on any atom is 0.261 e. The normalized spacial score (nSPS) is 11.6. The quantitative estimate of drug-likeness (QED) is 0.770. The number of nitrogens with one attached hydrogen (secondary N) is 2. The second-order valence-electron chi connectivity index (χ2n) is 4.16. The molecule has 0 saturated heterocycles. The highest BCUT2D eigenvalue weighted by Gasteiger charge is 2.14. The van der Waals surface area contributed by atoms with Gasteiger partial charge in [-0.1, -0.05) is 24.3 Å². The fraction of sp³-hybridized carbons (Fsp3) is 0. The summed E-state index contributed by atoms with van der Waals surface area (Å²) in [5.41, 5.74) is 1.47. The Morgan fingerprint density at radius 1 is 0.895 bits per heavy atom. The van der Waals surface area contributed by atoms with Crippen LogP contribution in [0.4, 0.5) is 5.69 Å². The average molecular weight is 272 g/mol. The summed E-state index contributed by atoms with van der Waals surface area (Å²) in [5.74, 6) is 0. The first-order valence-electron chi connectivity index (χ1n) is 5.81. The Morgan fingerprint density at radius 3 is 2.47 bits per heavy atom. The summed E-state index contributed by atoms with van der Waals surface area (Å²) in [7, 11) is -3.55. The lowest BCUT2D eigenvalue weighted by Gasteiger charge is -2.08. The number of benzene rings is 2. The molecule has 0 atom stereocenters. The third-order valence-corrected chi connectivity index (χ3v) is 4.27. The zero-order valence-corrected chi connectivity index (χ0v) is 10.8. The van der Waals surface area contributed by atoms with E-state index >= 15 is 0 Å². The van der Waals surface area contributed by atoms with Gasteiger partial charge in [0.1, 0.15) is 0 Å². The second-order valence-corrected chi connectivity index (χ2v) is 5.85. The van der Waals surface area contributed by atoms with Gasteiger partial charge in [0.05, 0.1) is 10.6 Å². The lowest BCUT2D eigenvalue weighted by molar-refractivity contribution is 0.601. The van der Waals surface area contributed by atoms with Gasteiger partial charge in [-0.05, 0) is 30.3 Å². The molecule has 0 unspecified atom stereocenters. The molecule has 0 bridgehead atoms. The molecule has 0 aliphatic rings. The SMILES string of the molecule is O=S(=O)(Nc1cccc2[nH]ccc12)c1ccccc1. The largest absolute Gasteiger partial charge is 0.361 e. The van der Waals surface area contributed by atoms with Crippen LogP contribution in [0, 0.1) is 0 Å². The molecule has 2 aromatic carbocycles. The molecule has 0 amide bonds. The predicted octanol–water partition coefficient (Wildman–Crippen LogP) is 2.97. The third-order valence-electron chi connectivity index (χ3n) is 2.89. The van der Waals surface area contributed by atoms with Gasteiger partial charge in [0.25, 0.3) is 10.0 Å². The van der Waals surface area contributed by atoms with Crippen molar-refractivity contribution >= 4 is 26.6 Å². The van der Waals surface area contributed by atoms with E-state index in [0.717, 1.165) is 10.9 Å². The highest BCUT2D eigenvalue weighted by molar-refractivity contribution is 7.92. The Kier molecular flexibility index (Phi) is 2.76. The number of hydrogen-bond acceptors (Lipinski definition) is 2. The highest BCUT2D eigenvalue weighted by Crippen LogP contribution is 2.24. The van der Waals surface area contributed by atoms with Gasteiger partial charge in [-0.25, -0.2) is 8.42 Å². The van der Waals surface area contributed by atoms with Gasteiger partial charge in [-0.3, -0.25) is 4.72 Å². The Balaban J connectivity index is 2.04. The number of fused-ring (bicyclic) bond motifs is 1. The van der Waals surface area contributed by atoms with Crippen LogP contribution in [0.5, 0.6) is 0 Å². The summed E-state index contributed by atoms with van der Waals surface area (Å²) in [6.07, 6.45) is 1.78. The van der Waals surface area contributed by atoms with Crippen molar-refractivity contribution in [3.8, 4) is 0 Å². The minimum Gasteiger partial charge on any atom is -0.361 e. The fourth-order valence-corrected chi connectivity index (χ4v) is 3.08. The minimum atomic E-state index is -3.55. The molecule has 2 N–H and O–H groups in total. The van der Waals surface area contributed by atoms with Crippen molar-refractivity contribution in [1.29, 1.82) is 0 Å². The van der Waals surface area contributed by atoms with Crippen LogP contribution in [0.3, 0.4) is 0 Å². The van der Waals surface area contributed by atoms with Gasteiger partial charge in [0.15, 0.2) is 0 Å². The van der Waals surface area contributed by atoms with E-state index in [2.05, 4.69) is 9.71 Å². The van der Waals surface area contributed by atoms with Crippen LogP contribution in [0.15, 0.2) is 65.7 Å². The first-order valence-corrected chi connectivity index (χ1v) is 7.29. The third kappa shape index (κ3) is 2.20. The lowest BCUT2D eigenvalue weighted by Crippen LogP contribution is -2.12. The predicted molar refractivity (Wildman–Crippen MR) is 75.5 cm³/mol. The molecule has 0 aliphatic carbocycles. The molecule has 1 aromatic heterocycles. The van der Waals surface area contributed by atoms with Gasteiger partial charge in [-0.2, -0.15) is 0 Å². The van der Waals surface area contributed by atoms with Crippen molar-refractivity contribution in [3.63, 3.8) is 0 Å². The maximum absolute atomic E-state index is 12.2. The number of hydrogen-bond donors (Lipinski definition) is 2. The van der Waals surface area contributed by atoms with Gasteiger partial charge >= 0.3 is 0 Å². The minimum absolute atomic E-state index is 0.252. The number of H-pyrrole nitrogens is 1. The van der Waals surface area contributed by atoms with Gasteiger partial charge in [0.2, 0.25) is 0 Å². The van der Waals surface area contributed by atoms with Crippen LogP contribution < -0.4 is 4.72 Å². The van der Waals surface area contributed by atoms with Crippen molar-refractivity contribution in [2.24, 2.45) is 0 Å². The van der Waals surface area contributed by atoms with Crippen molar-refractivity contribution in [2.75, 3.05) is 4.72 Å². The molecule has 3 rings (SSSR count). The summed E-state index contributed by atoms with van der Waals surface area (Å²) in [6, 6.07) is 15.6. The monoisotopic (exact) mass is 272 g/mol. The molecular formula is C14H12N2O2S. The summed E-state index contributed by atoms with van der Waals surface area (Å²) in [5, 5.41) is 0.849. The molecule has 0 aliphatic heterocycles. The van der Waals surface area contributed by atoms with E-state index in [9.17, 15) is 8.42 Å². The molecule has 0 fully saturated rings. The van der Waals surface area contributed by atoms with Crippen molar-refractivity contribution < 1.29 is 8.42 Å². The zero-order chi connectivity index (χ0) is 13.3. The van der Waals surface area contributed by atoms with E-state index in [1.807, 2.05) is 18.2 Å². The molecule has 4 nitrogen and oxygen atoms in total. The summed E-state index contributed by atoms with van der Waals surface area (Å²) < 4.78 is 27.1. The molecule has 19 heavy (non-hydrogen) atoms. The molecule has 96 valence electrons. The van der Waals surface area contributed by atoms with Crippen molar-refractivity contribution in [3.05, 3.63) is 60.8 Å². The summed E-state index contributed by atoms with van der Waals surface area (Å²) in [4.78, 5) is 3.30. The van der Waals surface area contributed by atoms with E-state index in [-0.39, 0.29) is 4.90 Å². The van der Waals surface area contributed by atoms with Crippen LogP contribution in [0.1, 0.15) is 0 Å². The first kappa shape index (κ1) is 11.8. The number of aromatic amines is 1. The number of anilines is 1. The Morgan fingerprint density at radius 2 is 1.68 bits per heavy atom. The molecule has 1 heterocycles. The molecule has 3 aromatic rings. The fourth-order valence-electron chi connectivity index (χ4n) is 1.98. The summed E-state index contributed by atoms with van der Waals surface area (Å²) in [6.45, 7) is 0. The van der Waals surface area contributed by atoms with E-state index < -0.39 is 10.0 Å². The zero-order valence-electron chi connectivity index (χ0n) is 10.00. The van der Waals surface area contributed by atoms with Crippen LogP contribution in [-0.4, -0.2) is 13.4 Å². The first-order chi connectivity index (χ1) is 9.17. The number of sulfonamides is 1. The topological polar surface area (TPSA) is 62.0 Å². The van der Waals surface area contributed by atoms with Crippen LogP contribution >= 0.6 is 0 Å². The van der Waals surface area contributed by atoms with Gasteiger partial charge < -0.3 is 4.98 Å². The van der Waals surface area contributed by atoms with Crippen molar-refractivity contribution in [2.45, 2.75) is 4.90 Å². The number of aromatic nitrogens is 1. The van der Waals surface area contributed by atoms with E-state index in [1.165, 1.54) is 0 Å². The van der Waals surface area contributed by atoms with Crippen LogP contribution in [0.2, 0.25) is 0 Å². The maximum atomic E-state index is 12.2. The van der Waals surface area contributed by atoms with E-state index in [1.54, 1.807) is 42.6 Å². The van der Waals surface area contributed by atoms with Gasteiger partial charge in [0, 0.05) is 17.1 Å². The Bertz CT molecular complexity index is 808. The standard InChI is InChI=1S/C14H12N2O2S/c17-19(18,11-5-2-1-3-6-11)16-14-8-4-7-13-12(14)9-10-15-13/h1-10,15-16H. The van der Waals surface area contributed by atoms with Crippen molar-refractivity contribution in [1.82, 2.24) is 4.98 Å². The van der Waals surface area contributed by atoms with Crippen LogP contribution in [-0.2, 0) is 10.0 Å². The average Bonchev–Trinajstić information content (AvgIpc) is 2.89. The molecule has 0 saturated carbocycles. The molecule has 0 radical (unpaired) electrons. The lowest BCUT2D eigenvalue weighted by atomic mass is 10.2. The van der Waals surface area contributed by atoms with E-state index in [4.69, 9.17) is 0 Å². The Labute approximate surface area is 111 Å². The Hall–Kier alpha value is -2.27. The molecule has 0 spiro atoms. The number of rotatable bonds is 3.